The first kappa shape index (κ1) is 25.6. The summed E-state index contributed by atoms with van der Waals surface area (Å²) in [4.78, 5) is 8.08. The van der Waals surface area contributed by atoms with E-state index in [2.05, 4.69) is 15.3 Å². The molecule has 3 heterocycles. The summed E-state index contributed by atoms with van der Waals surface area (Å²) in [5.41, 5.74) is -0.0937. The number of ether oxygens (including phenoxy) is 2. The van der Waals surface area contributed by atoms with Gasteiger partial charge >= 0.3 is 6.18 Å². The second kappa shape index (κ2) is 10.3. The van der Waals surface area contributed by atoms with Gasteiger partial charge in [-0.25, -0.2) is 13.4 Å². The van der Waals surface area contributed by atoms with Crippen LogP contribution in [-0.4, -0.2) is 61.1 Å². The second-order valence-electron chi connectivity index (χ2n) is 9.06. The van der Waals surface area contributed by atoms with Crippen LogP contribution in [0.2, 0.25) is 0 Å². The van der Waals surface area contributed by atoms with E-state index in [1.165, 1.54) is 4.31 Å². The first-order valence-corrected chi connectivity index (χ1v) is 13.0. The summed E-state index contributed by atoms with van der Waals surface area (Å²) in [5.74, 6) is -0.313. The highest BCUT2D eigenvalue weighted by atomic mass is 32.2. The number of hydrogen-bond acceptors (Lipinski definition) is 7. The number of benzene rings is 1. The van der Waals surface area contributed by atoms with Gasteiger partial charge in [0.2, 0.25) is 21.9 Å². The lowest BCUT2D eigenvalue weighted by molar-refractivity contribution is -0.139. The molecule has 2 saturated heterocycles. The molecule has 1 unspecified atom stereocenters. The van der Waals surface area contributed by atoms with Gasteiger partial charge in [-0.2, -0.15) is 22.5 Å². The van der Waals surface area contributed by atoms with Crippen molar-refractivity contribution in [3.8, 4) is 5.88 Å². The maximum Gasteiger partial charge on any atom is 0.423 e. The van der Waals surface area contributed by atoms with E-state index >= 15 is 0 Å². The normalized spacial score (nSPS) is 20.3. The van der Waals surface area contributed by atoms with Gasteiger partial charge in [-0.3, -0.25) is 0 Å². The summed E-state index contributed by atoms with van der Waals surface area (Å²) in [7, 11) is -3.64. The molecule has 0 bridgehead atoms. The fourth-order valence-electron chi connectivity index (χ4n) is 4.09. The molecule has 1 aromatic carbocycles. The van der Waals surface area contributed by atoms with Crippen LogP contribution < -0.4 is 10.1 Å². The van der Waals surface area contributed by atoms with E-state index in [4.69, 9.17) is 9.47 Å². The van der Waals surface area contributed by atoms with Gasteiger partial charge in [0.05, 0.1) is 18.1 Å². The molecule has 0 saturated carbocycles. The minimum absolute atomic E-state index is 0.0119. The molecular formula is C23H29F3N4O4S. The summed E-state index contributed by atoms with van der Waals surface area (Å²) in [6.07, 6.45) is -3.04. The van der Waals surface area contributed by atoms with Gasteiger partial charge in [-0.05, 0) is 36.5 Å². The summed E-state index contributed by atoms with van der Waals surface area (Å²) in [6, 6.07) is 6.76. The minimum atomic E-state index is -4.65. The zero-order valence-electron chi connectivity index (χ0n) is 19.6. The molecule has 8 nitrogen and oxygen atoms in total. The molecule has 0 spiro atoms. The molecule has 1 aromatic heterocycles. The topological polar surface area (TPSA) is 93.7 Å². The van der Waals surface area contributed by atoms with E-state index in [1.54, 1.807) is 18.2 Å². The van der Waals surface area contributed by atoms with Crippen LogP contribution in [-0.2, 0) is 20.9 Å². The van der Waals surface area contributed by atoms with Crippen molar-refractivity contribution >= 4 is 16.0 Å². The van der Waals surface area contributed by atoms with E-state index in [-0.39, 0.29) is 42.5 Å². The van der Waals surface area contributed by atoms with E-state index in [0.29, 0.717) is 32.1 Å². The van der Waals surface area contributed by atoms with Crippen molar-refractivity contribution in [3.63, 3.8) is 0 Å². The predicted octanol–water partition coefficient (Wildman–Crippen LogP) is 4.05. The largest absolute Gasteiger partial charge is 0.471 e. The van der Waals surface area contributed by atoms with Crippen LogP contribution in [0.25, 0.3) is 0 Å². The molecule has 35 heavy (non-hydrogen) atoms. The summed E-state index contributed by atoms with van der Waals surface area (Å²) >= 11 is 0. The summed E-state index contributed by atoms with van der Waals surface area (Å²) < 4.78 is 78.5. The van der Waals surface area contributed by atoms with Crippen LogP contribution in [0, 0.1) is 0 Å². The average molecular weight is 515 g/mol. The zero-order valence-corrected chi connectivity index (χ0v) is 20.4. The van der Waals surface area contributed by atoms with Crippen molar-refractivity contribution in [3.05, 3.63) is 41.6 Å². The highest BCUT2D eigenvalue weighted by Gasteiger charge is 2.38. The quantitative estimate of drug-likeness (QED) is 0.596. The van der Waals surface area contributed by atoms with Crippen LogP contribution in [0.3, 0.4) is 0 Å². The molecule has 4 rings (SSSR count). The third-order valence-electron chi connectivity index (χ3n) is 6.18. The molecule has 2 aliphatic rings. The van der Waals surface area contributed by atoms with Gasteiger partial charge in [0.25, 0.3) is 0 Å². The Kier molecular flexibility index (Phi) is 7.53. The Hall–Kier alpha value is -2.44. The SMILES string of the molecule is CC(C)c1cccc(S(=O)(=O)N2CCC(Nc3ncc(C(F)(F)F)c(OC4CCOC4)n3)CC2)c1. The van der Waals surface area contributed by atoms with Crippen molar-refractivity contribution in [1.29, 1.82) is 0 Å². The lowest BCUT2D eigenvalue weighted by Crippen LogP contribution is -2.42. The first-order chi connectivity index (χ1) is 16.5. The number of rotatable bonds is 7. The van der Waals surface area contributed by atoms with Gasteiger partial charge in [-0.1, -0.05) is 26.0 Å². The number of nitrogens with zero attached hydrogens (tertiary/aromatic N) is 3. The number of halogens is 3. The van der Waals surface area contributed by atoms with E-state index < -0.39 is 33.7 Å². The number of aromatic nitrogens is 2. The van der Waals surface area contributed by atoms with Gasteiger partial charge in [0.15, 0.2) is 0 Å². The third kappa shape index (κ3) is 6.04. The van der Waals surface area contributed by atoms with Crippen LogP contribution in [0.1, 0.15) is 50.2 Å². The number of alkyl halides is 3. The van der Waals surface area contributed by atoms with Crippen molar-refractivity contribution < 1.29 is 31.1 Å². The van der Waals surface area contributed by atoms with Crippen molar-refractivity contribution in [2.24, 2.45) is 0 Å². The standard InChI is InChI=1S/C23H29F3N4O4S/c1-15(2)16-4-3-5-19(12-16)35(31,32)30-9-6-17(7-10-30)28-22-27-13-20(23(24,25)26)21(29-22)34-18-8-11-33-14-18/h3-5,12-13,15,17-18H,6-11,14H2,1-2H3,(H,27,28,29). The van der Waals surface area contributed by atoms with Gasteiger partial charge in [0.1, 0.15) is 11.7 Å². The molecule has 12 heteroatoms. The Bertz CT molecular complexity index is 1130. The van der Waals surface area contributed by atoms with Gasteiger partial charge in [0, 0.05) is 31.7 Å². The molecule has 1 atom stereocenters. The number of sulfonamides is 1. The van der Waals surface area contributed by atoms with Crippen molar-refractivity contribution in [1.82, 2.24) is 14.3 Å². The highest BCUT2D eigenvalue weighted by molar-refractivity contribution is 7.89. The summed E-state index contributed by atoms with van der Waals surface area (Å²) in [5, 5.41) is 3.04. The molecule has 0 aliphatic carbocycles. The van der Waals surface area contributed by atoms with Crippen molar-refractivity contribution in [2.45, 2.75) is 62.2 Å². The fourth-order valence-corrected chi connectivity index (χ4v) is 5.62. The Morgan fingerprint density at radius 1 is 1.20 bits per heavy atom. The lowest BCUT2D eigenvalue weighted by atomic mass is 10.0. The van der Waals surface area contributed by atoms with E-state index in [0.717, 1.165) is 5.56 Å². The maximum atomic E-state index is 13.4. The molecule has 0 radical (unpaired) electrons. The number of piperidine rings is 1. The van der Waals surface area contributed by atoms with Crippen LogP contribution in [0.15, 0.2) is 35.4 Å². The second-order valence-corrected chi connectivity index (χ2v) is 11.0. The Morgan fingerprint density at radius 2 is 1.94 bits per heavy atom. The minimum Gasteiger partial charge on any atom is -0.471 e. The highest BCUT2D eigenvalue weighted by Crippen LogP contribution is 2.36. The third-order valence-corrected chi connectivity index (χ3v) is 8.07. The maximum absolute atomic E-state index is 13.4. The monoisotopic (exact) mass is 514 g/mol. The molecular weight excluding hydrogens is 485 g/mol. The number of nitrogens with one attached hydrogen (secondary N) is 1. The molecule has 2 fully saturated rings. The van der Waals surface area contributed by atoms with Gasteiger partial charge in [-0.15, -0.1) is 0 Å². The average Bonchev–Trinajstić information content (AvgIpc) is 3.32. The van der Waals surface area contributed by atoms with Crippen LogP contribution in [0.5, 0.6) is 5.88 Å². The van der Waals surface area contributed by atoms with Crippen molar-refractivity contribution in [2.75, 3.05) is 31.6 Å². The first-order valence-electron chi connectivity index (χ1n) is 11.6. The molecule has 0 amide bonds. The molecule has 2 aromatic rings. The lowest BCUT2D eigenvalue weighted by Gasteiger charge is -2.31. The summed E-state index contributed by atoms with van der Waals surface area (Å²) in [6.45, 7) is 5.18. The molecule has 1 N–H and O–H groups in total. The van der Waals surface area contributed by atoms with E-state index in [9.17, 15) is 21.6 Å². The molecule has 2 aliphatic heterocycles. The predicted molar refractivity (Wildman–Crippen MR) is 123 cm³/mol. The van der Waals surface area contributed by atoms with Gasteiger partial charge < -0.3 is 14.8 Å². The number of hydrogen-bond donors (Lipinski definition) is 1. The fraction of sp³-hybridized carbons (Fsp3) is 0.565. The molecule has 192 valence electrons. The van der Waals surface area contributed by atoms with Crippen LogP contribution in [0.4, 0.5) is 19.1 Å². The van der Waals surface area contributed by atoms with Crippen LogP contribution >= 0.6 is 0 Å². The number of anilines is 1. The Balaban J connectivity index is 1.42. The zero-order chi connectivity index (χ0) is 25.2. The Labute approximate surface area is 202 Å². The smallest absolute Gasteiger partial charge is 0.423 e. The Morgan fingerprint density at radius 3 is 2.57 bits per heavy atom. The van der Waals surface area contributed by atoms with E-state index in [1.807, 2.05) is 19.9 Å².